The third kappa shape index (κ3) is 4.31. The van der Waals surface area contributed by atoms with Crippen LogP contribution in [0.5, 0.6) is 0 Å². The molecule has 0 aliphatic heterocycles. The maximum Gasteiger partial charge on any atom is 0.0372 e. The van der Waals surface area contributed by atoms with Gasteiger partial charge in [0, 0.05) is 17.9 Å². The molecule has 19 heavy (non-hydrogen) atoms. The zero-order chi connectivity index (χ0) is 13.5. The van der Waals surface area contributed by atoms with Crippen molar-refractivity contribution in [2.45, 2.75) is 64.8 Å². The van der Waals surface area contributed by atoms with Gasteiger partial charge in [-0.05, 0) is 43.9 Å². The molecule has 0 saturated heterocycles. The lowest BCUT2D eigenvalue weighted by molar-refractivity contribution is 0.291. The van der Waals surface area contributed by atoms with Crippen LogP contribution in [0.2, 0.25) is 0 Å². The lowest BCUT2D eigenvalue weighted by atomic mass is 9.83. The van der Waals surface area contributed by atoms with Gasteiger partial charge in [0.15, 0.2) is 0 Å². The van der Waals surface area contributed by atoms with E-state index >= 15 is 0 Å². The van der Waals surface area contributed by atoms with Crippen molar-refractivity contribution in [3.8, 4) is 0 Å². The number of rotatable bonds is 4. The Bertz CT molecular complexity index is 350. The predicted molar refractivity (Wildman–Crippen MR) is 81.2 cm³/mol. The first-order chi connectivity index (χ1) is 9.31. The number of hydrogen-bond donors (Lipinski definition) is 1. The van der Waals surface area contributed by atoms with Gasteiger partial charge in [-0.15, -0.1) is 0 Å². The van der Waals surface area contributed by atoms with Gasteiger partial charge in [-0.3, -0.25) is 4.98 Å². The van der Waals surface area contributed by atoms with Crippen LogP contribution in [-0.4, -0.2) is 11.5 Å². The molecule has 1 aliphatic rings. The van der Waals surface area contributed by atoms with Crippen molar-refractivity contribution in [3.63, 3.8) is 0 Å². The van der Waals surface area contributed by atoms with Crippen molar-refractivity contribution >= 4 is 0 Å². The van der Waals surface area contributed by atoms with Crippen molar-refractivity contribution in [1.29, 1.82) is 0 Å². The highest BCUT2D eigenvalue weighted by Crippen LogP contribution is 2.32. The van der Waals surface area contributed by atoms with Gasteiger partial charge in [0.2, 0.25) is 0 Å². The van der Waals surface area contributed by atoms with Crippen LogP contribution in [0.3, 0.4) is 0 Å². The second-order valence-corrected chi connectivity index (χ2v) is 5.87. The molecule has 1 N–H and O–H groups in total. The average molecular weight is 260 g/mol. The third-order valence-corrected chi connectivity index (χ3v) is 4.34. The fraction of sp³-hybridized carbons (Fsp3) is 0.706. The van der Waals surface area contributed by atoms with E-state index in [-0.39, 0.29) is 0 Å². The highest BCUT2D eigenvalue weighted by Gasteiger charge is 2.23. The maximum atomic E-state index is 4.48. The predicted octanol–water partition coefficient (Wildman–Crippen LogP) is 4.40. The Morgan fingerprint density at radius 2 is 1.84 bits per heavy atom. The monoisotopic (exact) mass is 260 g/mol. The van der Waals surface area contributed by atoms with Gasteiger partial charge >= 0.3 is 0 Å². The summed E-state index contributed by atoms with van der Waals surface area (Å²) in [7, 11) is 0. The molecule has 0 amide bonds. The van der Waals surface area contributed by atoms with Gasteiger partial charge in [-0.2, -0.15) is 0 Å². The molecule has 106 valence electrons. The fourth-order valence-electron chi connectivity index (χ4n) is 3.26. The van der Waals surface area contributed by atoms with Crippen LogP contribution < -0.4 is 5.32 Å². The largest absolute Gasteiger partial charge is 0.310 e. The summed E-state index contributed by atoms with van der Waals surface area (Å²) in [6.07, 6.45) is 11.9. The molecule has 2 nitrogen and oxygen atoms in total. The number of aryl methyl sites for hydroxylation is 1. The second-order valence-electron chi connectivity index (χ2n) is 5.87. The van der Waals surface area contributed by atoms with E-state index in [1.165, 1.54) is 50.5 Å². The molecular formula is C17H28N2. The molecule has 2 rings (SSSR count). The summed E-state index contributed by atoms with van der Waals surface area (Å²) in [6, 6.07) is 4.90. The quantitative estimate of drug-likeness (QED) is 0.868. The van der Waals surface area contributed by atoms with Crippen molar-refractivity contribution in [2.75, 3.05) is 6.54 Å². The first kappa shape index (κ1) is 14.5. The minimum Gasteiger partial charge on any atom is -0.310 e. The summed E-state index contributed by atoms with van der Waals surface area (Å²) < 4.78 is 0. The van der Waals surface area contributed by atoms with E-state index in [1.807, 2.05) is 0 Å². The Labute approximate surface area is 118 Å². The van der Waals surface area contributed by atoms with Crippen LogP contribution in [0.15, 0.2) is 18.3 Å². The minimum absolute atomic E-state index is 0.496. The van der Waals surface area contributed by atoms with E-state index in [0.29, 0.717) is 6.04 Å². The molecule has 1 saturated carbocycles. The van der Waals surface area contributed by atoms with E-state index in [1.54, 1.807) is 0 Å². The summed E-state index contributed by atoms with van der Waals surface area (Å²) in [5, 5.41) is 3.70. The lowest BCUT2D eigenvalue weighted by Crippen LogP contribution is -2.29. The Morgan fingerprint density at radius 3 is 2.42 bits per heavy atom. The number of nitrogens with zero attached hydrogens (tertiary/aromatic N) is 1. The van der Waals surface area contributed by atoms with Crippen LogP contribution >= 0.6 is 0 Å². The van der Waals surface area contributed by atoms with Crippen LogP contribution in [0, 0.1) is 12.8 Å². The Balaban J connectivity index is 2.10. The molecule has 1 aromatic heterocycles. The van der Waals surface area contributed by atoms with Crippen molar-refractivity contribution in [1.82, 2.24) is 10.3 Å². The van der Waals surface area contributed by atoms with E-state index in [4.69, 9.17) is 0 Å². The Hall–Kier alpha value is -0.890. The summed E-state index contributed by atoms with van der Waals surface area (Å²) in [4.78, 5) is 4.48. The molecular weight excluding hydrogens is 232 g/mol. The first-order valence-electron chi connectivity index (χ1n) is 7.97. The number of hydrogen-bond acceptors (Lipinski definition) is 2. The topological polar surface area (TPSA) is 24.9 Å². The molecule has 2 heteroatoms. The Morgan fingerprint density at radius 1 is 1.16 bits per heavy atom. The highest BCUT2D eigenvalue weighted by molar-refractivity contribution is 5.18. The van der Waals surface area contributed by atoms with E-state index in [2.05, 4.69) is 42.5 Å². The number of pyridine rings is 1. The zero-order valence-corrected chi connectivity index (χ0v) is 12.5. The molecule has 1 aliphatic carbocycles. The second kappa shape index (κ2) is 7.64. The molecule has 1 aromatic rings. The van der Waals surface area contributed by atoms with Gasteiger partial charge < -0.3 is 5.32 Å². The van der Waals surface area contributed by atoms with Crippen LogP contribution in [0.4, 0.5) is 0 Å². The van der Waals surface area contributed by atoms with Crippen molar-refractivity contribution < 1.29 is 0 Å². The fourth-order valence-corrected chi connectivity index (χ4v) is 3.26. The van der Waals surface area contributed by atoms with Gasteiger partial charge in [0.05, 0.1) is 0 Å². The van der Waals surface area contributed by atoms with Crippen molar-refractivity contribution in [3.05, 3.63) is 29.6 Å². The lowest BCUT2D eigenvalue weighted by Gasteiger charge is -2.29. The molecule has 0 spiro atoms. The van der Waals surface area contributed by atoms with E-state index in [9.17, 15) is 0 Å². The maximum absolute atomic E-state index is 4.48. The minimum atomic E-state index is 0.496. The number of nitrogens with one attached hydrogen (secondary N) is 1. The van der Waals surface area contributed by atoms with E-state index in [0.717, 1.165) is 18.2 Å². The first-order valence-corrected chi connectivity index (χ1v) is 7.97. The van der Waals surface area contributed by atoms with Crippen LogP contribution in [-0.2, 0) is 0 Å². The molecule has 0 aromatic carbocycles. The zero-order valence-electron chi connectivity index (χ0n) is 12.5. The summed E-state index contributed by atoms with van der Waals surface area (Å²) in [5.74, 6) is 0.782. The summed E-state index contributed by atoms with van der Waals surface area (Å²) >= 11 is 0. The summed E-state index contributed by atoms with van der Waals surface area (Å²) in [6.45, 7) is 5.30. The summed E-state index contributed by atoms with van der Waals surface area (Å²) in [5.41, 5.74) is 2.48. The highest BCUT2D eigenvalue weighted by atomic mass is 14.9. The molecule has 1 fully saturated rings. The third-order valence-electron chi connectivity index (χ3n) is 4.34. The number of aromatic nitrogens is 1. The SMILES string of the molecule is CCNC(c1ccc(C)nc1)C1CCCCCCC1. The van der Waals surface area contributed by atoms with Crippen LogP contribution in [0.1, 0.15) is 69.2 Å². The smallest absolute Gasteiger partial charge is 0.0372 e. The van der Waals surface area contributed by atoms with Crippen LogP contribution in [0.25, 0.3) is 0 Å². The van der Waals surface area contributed by atoms with Gasteiger partial charge in [-0.1, -0.05) is 45.1 Å². The molecule has 1 unspecified atom stereocenters. The molecule has 0 radical (unpaired) electrons. The van der Waals surface area contributed by atoms with Crippen molar-refractivity contribution in [2.24, 2.45) is 5.92 Å². The normalized spacial score (nSPS) is 19.7. The molecule has 0 bridgehead atoms. The van der Waals surface area contributed by atoms with Gasteiger partial charge in [0.25, 0.3) is 0 Å². The van der Waals surface area contributed by atoms with Gasteiger partial charge in [0.1, 0.15) is 0 Å². The van der Waals surface area contributed by atoms with E-state index < -0.39 is 0 Å². The molecule has 1 atom stereocenters. The molecule has 1 heterocycles. The average Bonchev–Trinajstić information content (AvgIpc) is 2.38. The Kier molecular flexibility index (Phi) is 5.84. The van der Waals surface area contributed by atoms with Gasteiger partial charge in [-0.25, -0.2) is 0 Å². The standard InChI is InChI=1S/C17H28N2/c1-3-18-17(16-12-11-14(2)19-13-16)15-9-7-5-4-6-8-10-15/h11-13,15,17-18H,3-10H2,1-2H3.